The summed E-state index contributed by atoms with van der Waals surface area (Å²) in [6, 6.07) is 12.5. The highest BCUT2D eigenvalue weighted by Gasteiger charge is 2.13. The normalized spacial score (nSPS) is 11.0. The van der Waals surface area contributed by atoms with Crippen molar-refractivity contribution in [2.45, 2.75) is 13.0 Å². The van der Waals surface area contributed by atoms with Gasteiger partial charge in [-0.1, -0.05) is 23.4 Å². The molecule has 0 saturated carbocycles. The largest absolute Gasteiger partial charge is 0.361 e. The molecule has 4 rings (SSSR count). The molecule has 2 aromatic carbocycles. The Hall–Kier alpha value is -3.48. The van der Waals surface area contributed by atoms with Crippen LogP contribution in [0.3, 0.4) is 0 Å². The number of hydrogen-bond acceptors (Lipinski definition) is 3. The van der Waals surface area contributed by atoms with E-state index >= 15 is 0 Å². The van der Waals surface area contributed by atoms with Gasteiger partial charge in [-0.2, -0.15) is 0 Å². The minimum absolute atomic E-state index is 0.111. The van der Waals surface area contributed by atoms with Gasteiger partial charge < -0.3 is 14.8 Å². The zero-order valence-corrected chi connectivity index (χ0v) is 14.1. The minimum atomic E-state index is -0.735. The van der Waals surface area contributed by atoms with Crippen molar-refractivity contribution in [3.8, 4) is 11.3 Å². The maximum absolute atomic E-state index is 13.8. The first-order valence-electron chi connectivity index (χ1n) is 8.33. The first-order chi connectivity index (χ1) is 13.1. The maximum atomic E-state index is 13.8. The summed E-state index contributed by atoms with van der Waals surface area (Å²) in [5.74, 6) is -1.40. The Morgan fingerprint density at radius 2 is 2.00 bits per heavy atom. The van der Waals surface area contributed by atoms with Gasteiger partial charge in [0, 0.05) is 29.2 Å². The Kier molecular flexibility index (Phi) is 4.42. The Morgan fingerprint density at radius 3 is 2.85 bits per heavy atom. The first-order valence-corrected chi connectivity index (χ1v) is 8.33. The highest BCUT2D eigenvalue weighted by Crippen LogP contribution is 2.24. The molecule has 0 unspecified atom stereocenters. The molecular weight excluding hydrogens is 352 g/mol. The standard InChI is InChI=1S/C20H15F2N3O2/c21-13-5-6-16(17(22)8-13)19-9-14(25-27-19)11-24-20(26)7-12-10-23-18-4-2-1-3-15(12)18/h1-6,8-10,23H,7,11H2,(H,24,26). The van der Waals surface area contributed by atoms with E-state index in [2.05, 4.69) is 15.5 Å². The van der Waals surface area contributed by atoms with Crippen molar-refractivity contribution < 1.29 is 18.1 Å². The van der Waals surface area contributed by atoms with Crippen LogP contribution < -0.4 is 5.32 Å². The molecule has 136 valence electrons. The maximum Gasteiger partial charge on any atom is 0.224 e. The third-order valence-electron chi connectivity index (χ3n) is 4.25. The molecule has 0 saturated heterocycles. The average molecular weight is 367 g/mol. The third-order valence-corrected chi connectivity index (χ3v) is 4.25. The molecule has 2 N–H and O–H groups in total. The topological polar surface area (TPSA) is 70.9 Å². The zero-order chi connectivity index (χ0) is 18.8. The molecule has 1 amide bonds. The number of carbonyl (C=O) groups is 1. The predicted octanol–water partition coefficient (Wildman–Crippen LogP) is 3.96. The fourth-order valence-electron chi connectivity index (χ4n) is 2.91. The van der Waals surface area contributed by atoms with Crippen LogP contribution in [-0.4, -0.2) is 16.0 Å². The molecule has 7 heteroatoms. The van der Waals surface area contributed by atoms with E-state index in [1.807, 2.05) is 30.5 Å². The van der Waals surface area contributed by atoms with Gasteiger partial charge in [0.1, 0.15) is 17.3 Å². The van der Waals surface area contributed by atoms with Crippen LogP contribution in [0.15, 0.2) is 59.3 Å². The van der Waals surface area contributed by atoms with Gasteiger partial charge in [-0.25, -0.2) is 8.78 Å². The summed E-state index contributed by atoms with van der Waals surface area (Å²) >= 11 is 0. The number of nitrogens with one attached hydrogen (secondary N) is 2. The minimum Gasteiger partial charge on any atom is -0.361 e. The summed E-state index contributed by atoms with van der Waals surface area (Å²) in [5.41, 5.74) is 2.43. The van der Waals surface area contributed by atoms with Crippen molar-refractivity contribution in [1.29, 1.82) is 0 Å². The Bertz CT molecular complexity index is 1120. The van der Waals surface area contributed by atoms with Crippen molar-refractivity contribution in [2.75, 3.05) is 0 Å². The summed E-state index contributed by atoms with van der Waals surface area (Å²) in [6.45, 7) is 0.146. The summed E-state index contributed by atoms with van der Waals surface area (Å²) < 4.78 is 31.9. The molecule has 0 fully saturated rings. The number of para-hydroxylation sites is 1. The summed E-state index contributed by atoms with van der Waals surface area (Å²) in [5, 5.41) is 7.58. The second-order valence-electron chi connectivity index (χ2n) is 6.12. The SMILES string of the molecule is O=C(Cc1c[nH]c2ccccc12)NCc1cc(-c2ccc(F)cc2F)on1. The number of carbonyl (C=O) groups excluding carboxylic acids is 1. The van der Waals surface area contributed by atoms with Crippen molar-refractivity contribution in [3.63, 3.8) is 0 Å². The van der Waals surface area contributed by atoms with Gasteiger partial charge in [-0.05, 0) is 23.8 Å². The lowest BCUT2D eigenvalue weighted by Crippen LogP contribution is -2.24. The molecular formula is C20H15F2N3O2. The van der Waals surface area contributed by atoms with Gasteiger partial charge in [-0.15, -0.1) is 0 Å². The molecule has 0 aliphatic rings. The molecule has 2 aromatic heterocycles. The van der Waals surface area contributed by atoms with Crippen molar-refractivity contribution >= 4 is 16.8 Å². The number of amides is 1. The molecule has 0 radical (unpaired) electrons. The summed E-state index contributed by atoms with van der Waals surface area (Å²) in [6.07, 6.45) is 2.04. The van der Waals surface area contributed by atoms with Crippen LogP contribution in [0.5, 0.6) is 0 Å². The summed E-state index contributed by atoms with van der Waals surface area (Å²) in [7, 11) is 0. The monoisotopic (exact) mass is 367 g/mol. The lowest BCUT2D eigenvalue weighted by atomic mass is 10.1. The molecule has 5 nitrogen and oxygen atoms in total. The second-order valence-corrected chi connectivity index (χ2v) is 6.12. The highest BCUT2D eigenvalue weighted by molar-refractivity contribution is 5.88. The van der Waals surface area contributed by atoms with Crippen LogP contribution in [0.1, 0.15) is 11.3 Å². The highest BCUT2D eigenvalue weighted by atomic mass is 19.1. The van der Waals surface area contributed by atoms with E-state index in [-0.39, 0.29) is 30.2 Å². The number of fused-ring (bicyclic) bond motifs is 1. The number of H-pyrrole nitrogens is 1. The Labute approximate surface area is 153 Å². The number of nitrogens with zero attached hydrogens (tertiary/aromatic N) is 1. The van der Waals surface area contributed by atoms with Gasteiger partial charge in [0.15, 0.2) is 5.76 Å². The Morgan fingerprint density at radius 1 is 1.15 bits per heavy atom. The molecule has 0 atom stereocenters. The molecule has 0 bridgehead atoms. The molecule has 0 aliphatic carbocycles. The van der Waals surface area contributed by atoms with E-state index in [0.717, 1.165) is 28.6 Å². The average Bonchev–Trinajstić information content (AvgIpc) is 3.28. The molecule has 4 aromatic rings. The van der Waals surface area contributed by atoms with Crippen LogP contribution in [0.4, 0.5) is 8.78 Å². The van der Waals surface area contributed by atoms with Crippen molar-refractivity contribution in [2.24, 2.45) is 0 Å². The van der Waals surface area contributed by atoms with Gasteiger partial charge in [-0.3, -0.25) is 4.79 Å². The van der Waals surface area contributed by atoms with E-state index in [9.17, 15) is 13.6 Å². The van der Waals surface area contributed by atoms with E-state index in [4.69, 9.17) is 4.52 Å². The van der Waals surface area contributed by atoms with E-state index in [1.165, 1.54) is 12.1 Å². The number of aromatic amines is 1. The van der Waals surface area contributed by atoms with E-state index in [1.54, 1.807) is 0 Å². The van der Waals surface area contributed by atoms with Crippen LogP contribution in [0.2, 0.25) is 0 Å². The molecule has 27 heavy (non-hydrogen) atoms. The van der Waals surface area contributed by atoms with E-state index in [0.29, 0.717) is 5.69 Å². The van der Waals surface area contributed by atoms with Crippen LogP contribution >= 0.6 is 0 Å². The van der Waals surface area contributed by atoms with Gasteiger partial charge in [0.05, 0.1) is 18.5 Å². The third kappa shape index (κ3) is 3.57. The fourth-order valence-corrected chi connectivity index (χ4v) is 2.91. The molecule has 0 aliphatic heterocycles. The summed E-state index contributed by atoms with van der Waals surface area (Å²) in [4.78, 5) is 15.3. The van der Waals surface area contributed by atoms with Crippen LogP contribution in [0, 0.1) is 11.6 Å². The van der Waals surface area contributed by atoms with Crippen LogP contribution in [0.25, 0.3) is 22.2 Å². The van der Waals surface area contributed by atoms with Gasteiger partial charge >= 0.3 is 0 Å². The van der Waals surface area contributed by atoms with Crippen molar-refractivity contribution in [1.82, 2.24) is 15.5 Å². The first kappa shape index (κ1) is 17.0. The predicted molar refractivity (Wildman–Crippen MR) is 95.7 cm³/mol. The zero-order valence-electron chi connectivity index (χ0n) is 14.1. The molecule has 2 heterocycles. The lowest BCUT2D eigenvalue weighted by Gasteiger charge is -2.02. The van der Waals surface area contributed by atoms with Gasteiger partial charge in [0.25, 0.3) is 0 Å². The molecule has 0 spiro atoms. The number of rotatable bonds is 5. The number of benzene rings is 2. The Balaban J connectivity index is 1.40. The van der Waals surface area contributed by atoms with Crippen molar-refractivity contribution in [3.05, 3.63) is 77.6 Å². The van der Waals surface area contributed by atoms with Crippen LogP contribution in [-0.2, 0) is 17.8 Å². The smallest absolute Gasteiger partial charge is 0.224 e. The van der Waals surface area contributed by atoms with Gasteiger partial charge in [0.2, 0.25) is 5.91 Å². The number of aromatic nitrogens is 2. The second kappa shape index (κ2) is 7.03. The fraction of sp³-hybridized carbons (Fsp3) is 0.100. The number of halogens is 2. The lowest BCUT2D eigenvalue weighted by molar-refractivity contribution is -0.120. The number of hydrogen-bond donors (Lipinski definition) is 2. The van der Waals surface area contributed by atoms with E-state index < -0.39 is 11.6 Å². The quantitative estimate of drug-likeness (QED) is 0.561.